The molecule has 0 bridgehead atoms. The normalized spacial score (nSPS) is 10.7. The molecule has 0 aliphatic carbocycles. The first-order chi connectivity index (χ1) is 12.1. The largest absolute Gasteiger partial charge is 0.347 e. The molecule has 3 aromatic rings. The summed E-state index contributed by atoms with van der Waals surface area (Å²) in [5, 5.41) is 10.9. The minimum Gasteiger partial charge on any atom is -0.347 e. The van der Waals surface area contributed by atoms with Gasteiger partial charge in [-0.25, -0.2) is 4.68 Å². The Balaban J connectivity index is 1.66. The van der Waals surface area contributed by atoms with Crippen molar-refractivity contribution in [3.63, 3.8) is 0 Å². The van der Waals surface area contributed by atoms with E-state index in [0.29, 0.717) is 12.2 Å². The van der Waals surface area contributed by atoms with Crippen LogP contribution in [-0.2, 0) is 13.0 Å². The van der Waals surface area contributed by atoms with E-state index in [9.17, 15) is 4.79 Å². The molecule has 0 unspecified atom stereocenters. The summed E-state index contributed by atoms with van der Waals surface area (Å²) in [7, 11) is 0. The first-order valence-corrected chi connectivity index (χ1v) is 8.43. The highest BCUT2D eigenvalue weighted by molar-refractivity contribution is 5.91. The second-order valence-corrected chi connectivity index (χ2v) is 6.17. The third kappa shape index (κ3) is 3.94. The molecule has 0 saturated carbocycles. The number of aromatic nitrogens is 3. The molecule has 5 heteroatoms. The fourth-order valence-electron chi connectivity index (χ4n) is 2.53. The molecular weight excluding hydrogens is 312 g/mol. The van der Waals surface area contributed by atoms with Gasteiger partial charge in [-0.1, -0.05) is 42.5 Å². The van der Waals surface area contributed by atoms with Crippen LogP contribution in [0.5, 0.6) is 0 Å². The van der Waals surface area contributed by atoms with E-state index < -0.39 is 0 Å². The quantitative estimate of drug-likeness (QED) is 0.778. The van der Waals surface area contributed by atoms with Crippen LogP contribution in [0.1, 0.15) is 39.7 Å². The fourth-order valence-corrected chi connectivity index (χ4v) is 2.53. The van der Waals surface area contributed by atoms with Gasteiger partial charge in [-0.15, -0.1) is 5.10 Å². The lowest BCUT2D eigenvalue weighted by atomic mass is 10.1. The smallest absolute Gasteiger partial charge is 0.273 e. The van der Waals surface area contributed by atoms with Crippen LogP contribution in [0, 0.1) is 13.8 Å². The Morgan fingerprint density at radius 1 is 1.04 bits per heavy atom. The van der Waals surface area contributed by atoms with Gasteiger partial charge in [0.25, 0.3) is 5.91 Å². The number of nitrogens with one attached hydrogen (secondary N) is 1. The van der Waals surface area contributed by atoms with E-state index in [4.69, 9.17) is 0 Å². The summed E-state index contributed by atoms with van der Waals surface area (Å²) in [4.78, 5) is 12.3. The van der Waals surface area contributed by atoms with Crippen molar-refractivity contribution < 1.29 is 4.79 Å². The van der Waals surface area contributed by atoms with Gasteiger partial charge in [0.05, 0.1) is 11.9 Å². The minimum atomic E-state index is -0.227. The number of nitrogens with zero attached hydrogens (tertiary/aromatic N) is 3. The third-order valence-corrected chi connectivity index (χ3v) is 4.37. The van der Waals surface area contributed by atoms with Crippen molar-refractivity contribution >= 4 is 5.91 Å². The molecule has 0 radical (unpaired) electrons. The van der Waals surface area contributed by atoms with Crippen molar-refractivity contribution in [3.8, 4) is 5.69 Å². The number of hydrogen-bond donors (Lipinski definition) is 1. The Labute approximate surface area is 147 Å². The number of hydrogen-bond acceptors (Lipinski definition) is 3. The van der Waals surface area contributed by atoms with Crippen LogP contribution in [0.2, 0.25) is 0 Å². The van der Waals surface area contributed by atoms with Crippen LogP contribution in [-0.4, -0.2) is 20.9 Å². The molecule has 0 saturated heterocycles. The molecular formula is C20H22N4O. The maximum atomic E-state index is 12.3. The van der Waals surface area contributed by atoms with Crippen LogP contribution in [0.25, 0.3) is 5.69 Å². The first kappa shape index (κ1) is 16.9. The van der Waals surface area contributed by atoms with Crippen LogP contribution in [0.15, 0.2) is 48.7 Å². The Bertz CT molecular complexity index is 881. The molecule has 1 aromatic heterocycles. The molecule has 128 valence electrons. The molecule has 1 N–H and O–H groups in total. The van der Waals surface area contributed by atoms with Crippen molar-refractivity contribution in [2.45, 2.75) is 33.7 Å². The molecule has 0 aliphatic rings. The Morgan fingerprint density at radius 3 is 2.44 bits per heavy atom. The molecule has 0 spiro atoms. The Hall–Kier alpha value is -2.95. The molecule has 0 aliphatic heterocycles. The van der Waals surface area contributed by atoms with Gasteiger partial charge in [0, 0.05) is 6.54 Å². The van der Waals surface area contributed by atoms with Gasteiger partial charge in [-0.3, -0.25) is 4.79 Å². The van der Waals surface area contributed by atoms with Crippen molar-refractivity contribution in [3.05, 3.63) is 76.6 Å². The van der Waals surface area contributed by atoms with Gasteiger partial charge in [-0.2, -0.15) is 0 Å². The fraction of sp³-hybridized carbons (Fsp3) is 0.250. The molecule has 0 fully saturated rings. The van der Waals surface area contributed by atoms with E-state index in [0.717, 1.165) is 17.7 Å². The highest BCUT2D eigenvalue weighted by Gasteiger charge is 2.11. The molecule has 3 rings (SSSR count). The van der Waals surface area contributed by atoms with Gasteiger partial charge in [0.2, 0.25) is 0 Å². The Kier molecular flexibility index (Phi) is 4.93. The molecule has 1 heterocycles. The topological polar surface area (TPSA) is 59.8 Å². The highest BCUT2D eigenvalue weighted by atomic mass is 16.2. The number of aryl methyl sites for hydroxylation is 3. The Morgan fingerprint density at radius 2 is 1.76 bits per heavy atom. The summed E-state index contributed by atoms with van der Waals surface area (Å²) >= 11 is 0. The summed E-state index contributed by atoms with van der Waals surface area (Å²) in [6.45, 7) is 6.70. The summed E-state index contributed by atoms with van der Waals surface area (Å²) < 4.78 is 1.62. The zero-order valence-corrected chi connectivity index (χ0v) is 14.8. The van der Waals surface area contributed by atoms with E-state index in [1.165, 1.54) is 16.7 Å². The van der Waals surface area contributed by atoms with Crippen LogP contribution < -0.4 is 5.32 Å². The molecule has 2 aromatic carbocycles. The number of carbonyl (C=O) groups excluding carboxylic acids is 1. The lowest BCUT2D eigenvalue weighted by Gasteiger charge is -2.05. The first-order valence-electron chi connectivity index (χ1n) is 8.43. The predicted octanol–water partition coefficient (Wildman–Crippen LogP) is 3.38. The van der Waals surface area contributed by atoms with Gasteiger partial charge in [0.15, 0.2) is 5.69 Å². The number of amides is 1. The summed E-state index contributed by atoms with van der Waals surface area (Å²) in [5.74, 6) is -0.227. The van der Waals surface area contributed by atoms with Crippen molar-refractivity contribution in [1.29, 1.82) is 0 Å². The SMILES string of the molecule is CCc1ccc(CNC(=O)c2cn(-c3ccc(C)c(C)c3)nn2)cc1. The van der Waals surface area contributed by atoms with Gasteiger partial charge in [0.1, 0.15) is 0 Å². The van der Waals surface area contributed by atoms with Gasteiger partial charge < -0.3 is 5.32 Å². The van der Waals surface area contributed by atoms with E-state index in [2.05, 4.69) is 41.6 Å². The van der Waals surface area contributed by atoms with Crippen LogP contribution >= 0.6 is 0 Å². The second kappa shape index (κ2) is 7.30. The lowest BCUT2D eigenvalue weighted by Crippen LogP contribution is -2.23. The number of benzene rings is 2. The van der Waals surface area contributed by atoms with E-state index in [1.54, 1.807) is 10.9 Å². The molecule has 1 amide bonds. The monoisotopic (exact) mass is 334 g/mol. The lowest BCUT2D eigenvalue weighted by molar-refractivity contribution is 0.0946. The third-order valence-electron chi connectivity index (χ3n) is 4.37. The summed E-state index contributed by atoms with van der Waals surface area (Å²) in [5.41, 5.74) is 5.94. The van der Waals surface area contributed by atoms with Crippen LogP contribution in [0.3, 0.4) is 0 Å². The summed E-state index contributed by atoms with van der Waals surface area (Å²) in [6.07, 6.45) is 2.66. The van der Waals surface area contributed by atoms with E-state index in [1.807, 2.05) is 37.3 Å². The maximum Gasteiger partial charge on any atom is 0.273 e. The molecule has 25 heavy (non-hydrogen) atoms. The molecule has 5 nitrogen and oxygen atoms in total. The van der Waals surface area contributed by atoms with E-state index in [-0.39, 0.29) is 5.91 Å². The average molecular weight is 334 g/mol. The van der Waals surface area contributed by atoms with Gasteiger partial charge in [-0.05, 0) is 54.7 Å². The second-order valence-electron chi connectivity index (χ2n) is 6.17. The number of rotatable bonds is 5. The minimum absolute atomic E-state index is 0.227. The predicted molar refractivity (Wildman–Crippen MR) is 97.8 cm³/mol. The van der Waals surface area contributed by atoms with Crippen molar-refractivity contribution in [2.24, 2.45) is 0 Å². The molecule has 0 atom stereocenters. The van der Waals surface area contributed by atoms with Gasteiger partial charge >= 0.3 is 0 Å². The zero-order chi connectivity index (χ0) is 17.8. The highest BCUT2D eigenvalue weighted by Crippen LogP contribution is 2.13. The zero-order valence-electron chi connectivity index (χ0n) is 14.8. The van der Waals surface area contributed by atoms with Crippen LogP contribution in [0.4, 0.5) is 0 Å². The number of carbonyl (C=O) groups is 1. The average Bonchev–Trinajstić information content (AvgIpc) is 3.12. The van der Waals surface area contributed by atoms with Crippen molar-refractivity contribution in [1.82, 2.24) is 20.3 Å². The maximum absolute atomic E-state index is 12.3. The van der Waals surface area contributed by atoms with E-state index >= 15 is 0 Å². The standard InChI is InChI=1S/C20H22N4O/c1-4-16-6-8-17(9-7-16)12-21-20(25)19-13-24(23-22-19)18-10-5-14(2)15(3)11-18/h5-11,13H,4,12H2,1-3H3,(H,21,25). The van der Waals surface area contributed by atoms with Crippen molar-refractivity contribution in [2.75, 3.05) is 0 Å². The summed E-state index contributed by atoms with van der Waals surface area (Å²) in [6, 6.07) is 14.3.